The fourth-order valence-electron chi connectivity index (χ4n) is 4.19. The summed E-state index contributed by atoms with van der Waals surface area (Å²) in [6, 6.07) is 26.6. The van der Waals surface area contributed by atoms with Gasteiger partial charge < -0.3 is 10.2 Å². The lowest BCUT2D eigenvalue weighted by Gasteiger charge is -2.34. The van der Waals surface area contributed by atoms with Crippen LogP contribution in [0.4, 0.5) is 5.13 Å². The SMILES string of the molecule is O=C(NCCN1CCN(c2nc3ccccc3s2)CC1)c1ccc(Cc2ccccc2)cc1. The average molecular weight is 457 g/mol. The largest absolute Gasteiger partial charge is 0.351 e. The number of nitrogens with one attached hydrogen (secondary N) is 1. The fourth-order valence-corrected chi connectivity index (χ4v) is 5.21. The van der Waals surface area contributed by atoms with Gasteiger partial charge in [-0.15, -0.1) is 0 Å². The summed E-state index contributed by atoms with van der Waals surface area (Å²) in [5, 5.41) is 4.18. The van der Waals surface area contributed by atoms with Gasteiger partial charge in [-0.05, 0) is 41.8 Å². The molecular formula is C27H28N4OS. The van der Waals surface area contributed by atoms with Gasteiger partial charge in [0.15, 0.2) is 5.13 Å². The predicted molar refractivity (Wildman–Crippen MR) is 136 cm³/mol. The van der Waals surface area contributed by atoms with Crippen LogP contribution < -0.4 is 10.2 Å². The van der Waals surface area contributed by atoms with Crippen LogP contribution in [0, 0.1) is 0 Å². The topological polar surface area (TPSA) is 48.5 Å². The first-order valence-electron chi connectivity index (χ1n) is 11.5. The van der Waals surface area contributed by atoms with Crippen molar-refractivity contribution in [3.63, 3.8) is 0 Å². The van der Waals surface area contributed by atoms with E-state index in [0.717, 1.165) is 49.8 Å². The maximum atomic E-state index is 12.5. The maximum absolute atomic E-state index is 12.5. The number of thiazole rings is 1. The molecule has 1 aliphatic rings. The molecule has 1 amide bonds. The van der Waals surface area contributed by atoms with E-state index in [1.54, 1.807) is 11.3 Å². The summed E-state index contributed by atoms with van der Waals surface area (Å²) in [4.78, 5) is 22.1. The Hall–Kier alpha value is -3.22. The first kappa shape index (κ1) is 21.6. The molecular weight excluding hydrogens is 428 g/mol. The smallest absolute Gasteiger partial charge is 0.251 e. The van der Waals surface area contributed by atoms with Gasteiger partial charge in [0.05, 0.1) is 10.2 Å². The van der Waals surface area contributed by atoms with E-state index in [0.29, 0.717) is 12.1 Å². The second kappa shape index (κ2) is 10.1. The predicted octanol–water partition coefficient (Wildman–Crippen LogP) is 4.44. The van der Waals surface area contributed by atoms with Gasteiger partial charge in [-0.1, -0.05) is 65.9 Å². The van der Waals surface area contributed by atoms with E-state index < -0.39 is 0 Å². The summed E-state index contributed by atoms with van der Waals surface area (Å²) in [6.07, 6.45) is 0.881. The summed E-state index contributed by atoms with van der Waals surface area (Å²) in [5.41, 5.74) is 4.28. The number of amides is 1. The number of benzene rings is 3. The Balaban J connectivity index is 1.06. The molecule has 5 rings (SSSR count). The normalized spacial score (nSPS) is 14.5. The van der Waals surface area contributed by atoms with Crippen molar-refractivity contribution in [2.24, 2.45) is 0 Å². The fraction of sp³-hybridized carbons (Fsp3) is 0.259. The van der Waals surface area contributed by atoms with Gasteiger partial charge in [0.2, 0.25) is 0 Å². The summed E-state index contributed by atoms with van der Waals surface area (Å²) >= 11 is 1.76. The average Bonchev–Trinajstić information content (AvgIpc) is 3.30. The molecule has 0 radical (unpaired) electrons. The van der Waals surface area contributed by atoms with Crippen LogP contribution in [0.5, 0.6) is 0 Å². The lowest BCUT2D eigenvalue weighted by molar-refractivity contribution is 0.0948. The molecule has 3 aromatic carbocycles. The highest BCUT2D eigenvalue weighted by molar-refractivity contribution is 7.22. The Labute approximate surface area is 198 Å². The van der Waals surface area contributed by atoms with Crippen molar-refractivity contribution < 1.29 is 4.79 Å². The first-order valence-corrected chi connectivity index (χ1v) is 12.3. The molecule has 33 heavy (non-hydrogen) atoms. The van der Waals surface area contributed by atoms with E-state index in [1.807, 2.05) is 36.4 Å². The van der Waals surface area contributed by atoms with Crippen LogP contribution in [0.3, 0.4) is 0 Å². The van der Waals surface area contributed by atoms with Gasteiger partial charge >= 0.3 is 0 Å². The highest BCUT2D eigenvalue weighted by Gasteiger charge is 2.19. The number of nitrogens with zero attached hydrogens (tertiary/aromatic N) is 3. The molecule has 0 bridgehead atoms. The van der Waals surface area contributed by atoms with Crippen molar-refractivity contribution in [3.8, 4) is 0 Å². The van der Waals surface area contributed by atoms with Crippen molar-refractivity contribution in [2.45, 2.75) is 6.42 Å². The summed E-state index contributed by atoms with van der Waals surface area (Å²) in [5.74, 6) is -0.00521. The zero-order chi connectivity index (χ0) is 22.5. The highest BCUT2D eigenvalue weighted by atomic mass is 32.1. The standard InChI is InChI=1S/C27H28N4OS/c32-26(23-12-10-22(11-13-23)20-21-6-2-1-3-7-21)28-14-15-30-16-18-31(19-17-30)27-29-24-8-4-5-9-25(24)33-27/h1-13H,14-20H2,(H,28,32). The van der Waals surface area contributed by atoms with Gasteiger partial charge in [0.1, 0.15) is 0 Å². The molecule has 0 unspecified atom stereocenters. The van der Waals surface area contributed by atoms with E-state index >= 15 is 0 Å². The molecule has 1 aliphatic heterocycles. The summed E-state index contributed by atoms with van der Waals surface area (Å²) in [6.45, 7) is 5.44. The Morgan fingerprint density at radius 2 is 1.55 bits per heavy atom. The zero-order valence-corrected chi connectivity index (χ0v) is 19.4. The van der Waals surface area contributed by atoms with Gasteiger partial charge in [-0.3, -0.25) is 9.69 Å². The molecule has 6 heteroatoms. The first-order chi connectivity index (χ1) is 16.2. The molecule has 1 saturated heterocycles. The number of hydrogen-bond donors (Lipinski definition) is 1. The van der Waals surface area contributed by atoms with Gasteiger partial charge in [0, 0.05) is 44.8 Å². The number of carbonyl (C=O) groups excluding carboxylic acids is 1. The van der Waals surface area contributed by atoms with Crippen molar-refractivity contribution in [1.82, 2.24) is 15.2 Å². The number of para-hydroxylation sites is 1. The molecule has 0 saturated carbocycles. The molecule has 0 spiro atoms. The summed E-state index contributed by atoms with van der Waals surface area (Å²) in [7, 11) is 0. The van der Waals surface area contributed by atoms with E-state index in [4.69, 9.17) is 4.98 Å². The van der Waals surface area contributed by atoms with Crippen LogP contribution in [0.25, 0.3) is 10.2 Å². The molecule has 2 heterocycles. The number of carbonyl (C=O) groups is 1. The Morgan fingerprint density at radius 3 is 2.30 bits per heavy atom. The highest BCUT2D eigenvalue weighted by Crippen LogP contribution is 2.29. The van der Waals surface area contributed by atoms with E-state index in [-0.39, 0.29) is 5.91 Å². The number of rotatable bonds is 7. The van der Waals surface area contributed by atoms with Crippen LogP contribution in [-0.2, 0) is 6.42 Å². The third-order valence-corrected chi connectivity index (χ3v) is 7.20. The third-order valence-electron chi connectivity index (χ3n) is 6.11. The Morgan fingerprint density at radius 1 is 0.848 bits per heavy atom. The second-order valence-electron chi connectivity index (χ2n) is 8.41. The van der Waals surface area contributed by atoms with Crippen molar-refractivity contribution in [1.29, 1.82) is 0 Å². The Bertz CT molecular complexity index is 1160. The van der Waals surface area contributed by atoms with E-state index in [2.05, 4.69) is 57.6 Å². The monoisotopic (exact) mass is 456 g/mol. The quantitative estimate of drug-likeness (QED) is 0.447. The number of piperazine rings is 1. The van der Waals surface area contributed by atoms with Crippen LogP contribution in [0.2, 0.25) is 0 Å². The number of hydrogen-bond acceptors (Lipinski definition) is 5. The van der Waals surface area contributed by atoms with Gasteiger partial charge in [0.25, 0.3) is 5.91 Å². The van der Waals surface area contributed by atoms with E-state index in [9.17, 15) is 4.79 Å². The summed E-state index contributed by atoms with van der Waals surface area (Å²) < 4.78 is 1.24. The van der Waals surface area contributed by atoms with Crippen molar-refractivity contribution in [2.75, 3.05) is 44.2 Å². The van der Waals surface area contributed by atoms with Crippen molar-refractivity contribution in [3.05, 3.63) is 95.6 Å². The molecule has 4 aromatic rings. The Kier molecular flexibility index (Phi) is 6.65. The number of fused-ring (bicyclic) bond motifs is 1. The van der Waals surface area contributed by atoms with Crippen LogP contribution in [-0.4, -0.2) is 55.1 Å². The molecule has 168 valence electrons. The molecule has 0 atom stereocenters. The molecule has 1 fully saturated rings. The van der Waals surface area contributed by atoms with Crippen LogP contribution in [0.1, 0.15) is 21.5 Å². The lowest BCUT2D eigenvalue weighted by atomic mass is 10.0. The van der Waals surface area contributed by atoms with Gasteiger partial charge in [-0.25, -0.2) is 4.98 Å². The third kappa shape index (κ3) is 5.41. The minimum absolute atomic E-state index is 0.00521. The number of anilines is 1. The molecule has 5 nitrogen and oxygen atoms in total. The maximum Gasteiger partial charge on any atom is 0.251 e. The molecule has 1 N–H and O–H groups in total. The van der Waals surface area contributed by atoms with Crippen LogP contribution in [0.15, 0.2) is 78.9 Å². The van der Waals surface area contributed by atoms with Crippen LogP contribution >= 0.6 is 11.3 Å². The lowest BCUT2D eigenvalue weighted by Crippen LogP contribution is -2.48. The minimum atomic E-state index is -0.00521. The molecule has 1 aromatic heterocycles. The second-order valence-corrected chi connectivity index (χ2v) is 9.42. The number of aromatic nitrogens is 1. The van der Waals surface area contributed by atoms with E-state index in [1.165, 1.54) is 15.8 Å². The zero-order valence-electron chi connectivity index (χ0n) is 18.6. The molecule has 0 aliphatic carbocycles. The van der Waals surface area contributed by atoms with Gasteiger partial charge in [-0.2, -0.15) is 0 Å². The minimum Gasteiger partial charge on any atom is -0.351 e. The van der Waals surface area contributed by atoms with Crippen molar-refractivity contribution >= 4 is 32.6 Å².